The van der Waals surface area contributed by atoms with Crippen LogP contribution in [0.25, 0.3) is 0 Å². The van der Waals surface area contributed by atoms with Gasteiger partial charge in [-0.2, -0.15) is 0 Å². The Kier molecular flexibility index (Phi) is 4.63. The second kappa shape index (κ2) is 6.26. The van der Waals surface area contributed by atoms with Gasteiger partial charge in [-0.25, -0.2) is 0 Å². The van der Waals surface area contributed by atoms with E-state index >= 15 is 0 Å². The van der Waals surface area contributed by atoms with Crippen molar-refractivity contribution in [3.8, 4) is 0 Å². The van der Waals surface area contributed by atoms with Gasteiger partial charge in [-0.3, -0.25) is 9.59 Å². The van der Waals surface area contributed by atoms with Crippen molar-refractivity contribution >= 4 is 11.9 Å². The van der Waals surface area contributed by atoms with Gasteiger partial charge in [0.1, 0.15) is 0 Å². The van der Waals surface area contributed by atoms with Crippen molar-refractivity contribution in [3.63, 3.8) is 0 Å². The lowest BCUT2D eigenvalue weighted by atomic mass is 9.94. The molecule has 0 bridgehead atoms. The number of carboxylic acid groups (broad SMARTS) is 1. The Bertz CT molecular complexity index is 516. The Balaban J connectivity index is 2.06. The summed E-state index contributed by atoms with van der Waals surface area (Å²) < 4.78 is 5.44. The highest BCUT2D eigenvalue weighted by Crippen LogP contribution is 2.29. The molecular weight excluding hydrogens is 270 g/mol. The molecule has 1 fully saturated rings. The van der Waals surface area contributed by atoms with E-state index in [1.165, 1.54) is 7.11 Å². The van der Waals surface area contributed by atoms with E-state index in [4.69, 9.17) is 9.84 Å². The van der Waals surface area contributed by atoms with Gasteiger partial charge in [0.05, 0.1) is 5.92 Å². The molecule has 0 heterocycles. The van der Waals surface area contributed by atoms with Crippen LogP contribution in [0.4, 0.5) is 0 Å². The molecule has 1 aliphatic carbocycles. The van der Waals surface area contributed by atoms with Crippen LogP contribution in [-0.2, 0) is 19.9 Å². The third-order valence-corrected chi connectivity index (χ3v) is 4.28. The summed E-state index contributed by atoms with van der Waals surface area (Å²) >= 11 is 0. The van der Waals surface area contributed by atoms with Crippen LogP contribution in [-0.4, -0.2) is 30.1 Å². The highest BCUT2D eigenvalue weighted by atomic mass is 16.5. The van der Waals surface area contributed by atoms with Crippen LogP contribution in [0.3, 0.4) is 0 Å². The normalized spacial score (nSPS) is 24.3. The summed E-state index contributed by atoms with van der Waals surface area (Å²) in [7, 11) is 1.50. The van der Waals surface area contributed by atoms with Gasteiger partial charge in [0, 0.05) is 13.2 Å². The summed E-state index contributed by atoms with van der Waals surface area (Å²) in [4.78, 5) is 23.5. The number of hydrogen-bond acceptors (Lipinski definition) is 3. The predicted molar refractivity (Wildman–Crippen MR) is 77.7 cm³/mol. The van der Waals surface area contributed by atoms with Crippen LogP contribution in [0.5, 0.6) is 0 Å². The van der Waals surface area contributed by atoms with Crippen molar-refractivity contribution in [2.24, 2.45) is 5.92 Å². The minimum atomic E-state index is -1.07. The number of carboxylic acids is 1. The molecule has 1 unspecified atom stereocenters. The van der Waals surface area contributed by atoms with Gasteiger partial charge in [-0.15, -0.1) is 0 Å². The molecule has 2 rings (SSSR count). The van der Waals surface area contributed by atoms with E-state index in [0.29, 0.717) is 19.3 Å². The Morgan fingerprint density at radius 1 is 1.29 bits per heavy atom. The maximum Gasteiger partial charge on any atom is 0.306 e. The van der Waals surface area contributed by atoms with E-state index < -0.39 is 11.6 Å². The number of ether oxygens (including phenoxy) is 1. The summed E-state index contributed by atoms with van der Waals surface area (Å²) in [5, 5.41) is 11.9. The lowest BCUT2D eigenvalue weighted by Crippen LogP contribution is -2.47. The van der Waals surface area contributed by atoms with E-state index in [-0.39, 0.29) is 17.9 Å². The van der Waals surface area contributed by atoms with Crippen LogP contribution < -0.4 is 5.32 Å². The minimum Gasteiger partial charge on any atom is -0.481 e. The fourth-order valence-corrected chi connectivity index (χ4v) is 2.76. The van der Waals surface area contributed by atoms with Crippen molar-refractivity contribution < 1.29 is 19.4 Å². The molecule has 5 heteroatoms. The number of carbonyl (C=O) groups excluding carboxylic acids is 1. The summed E-state index contributed by atoms with van der Waals surface area (Å²) in [6, 6.07) is 9.18. The number of benzene rings is 1. The molecule has 0 spiro atoms. The number of amides is 1. The van der Waals surface area contributed by atoms with Gasteiger partial charge >= 0.3 is 5.97 Å². The number of carbonyl (C=O) groups is 2. The van der Waals surface area contributed by atoms with Gasteiger partial charge in [-0.05, 0) is 31.7 Å². The number of hydrogen-bond donors (Lipinski definition) is 2. The number of nitrogens with one attached hydrogen (secondary N) is 1. The zero-order valence-corrected chi connectivity index (χ0v) is 12.3. The first-order valence-corrected chi connectivity index (χ1v) is 7.12. The summed E-state index contributed by atoms with van der Waals surface area (Å²) in [6.45, 7) is 1.72. The molecule has 5 nitrogen and oxygen atoms in total. The molecule has 0 aromatic heterocycles. The molecule has 0 aliphatic heterocycles. The Hall–Kier alpha value is -1.88. The van der Waals surface area contributed by atoms with Crippen molar-refractivity contribution in [2.75, 3.05) is 7.11 Å². The lowest BCUT2D eigenvalue weighted by molar-refractivity contribution is -0.144. The van der Waals surface area contributed by atoms with E-state index in [1.807, 2.05) is 30.3 Å². The van der Waals surface area contributed by atoms with Crippen LogP contribution in [0.2, 0.25) is 0 Å². The lowest BCUT2D eigenvalue weighted by Gasteiger charge is -2.29. The molecule has 0 radical (unpaired) electrons. The molecule has 1 aromatic carbocycles. The van der Waals surface area contributed by atoms with Crippen molar-refractivity contribution in [2.45, 2.75) is 37.8 Å². The first kappa shape index (κ1) is 15.5. The van der Waals surface area contributed by atoms with E-state index in [9.17, 15) is 9.59 Å². The Morgan fingerprint density at radius 3 is 2.48 bits per heavy atom. The first-order valence-electron chi connectivity index (χ1n) is 7.12. The Morgan fingerprint density at radius 2 is 1.95 bits per heavy atom. The minimum absolute atomic E-state index is 0.100. The Labute approximate surface area is 124 Å². The number of rotatable bonds is 5. The molecule has 0 saturated heterocycles. The van der Waals surface area contributed by atoms with Crippen LogP contribution in [0.15, 0.2) is 30.3 Å². The topological polar surface area (TPSA) is 75.6 Å². The first-order chi connectivity index (χ1) is 9.97. The highest BCUT2D eigenvalue weighted by Gasteiger charge is 2.38. The smallest absolute Gasteiger partial charge is 0.306 e. The quantitative estimate of drug-likeness (QED) is 0.869. The molecule has 114 valence electrons. The predicted octanol–water partition coefficient (Wildman–Crippen LogP) is 1.92. The fraction of sp³-hybridized carbons (Fsp3) is 0.500. The SMILES string of the molecule is COC(C)(C(=O)N[C@H]1CC[C@@H](C(=O)O)C1)c1ccccc1. The van der Waals surface area contributed by atoms with Crippen molar-refractivity contribution in [3.05, 3.63) is 35.9 Å². The molecule has 21 heavy (non-hydrogen) atoms. The molecule has 2 N–H and O–H groups in total. The van der Waals surface area contributed by atoms with Crippen LogP contribution >= 0.6 is 0 Å². The largest absolute Gasteiger partial charge is 0.481 e. The summed E-state index contributed by atoms with van der Waals surface area (Å²) in [5.74, 6) is -1.38. The monoisotopic (exact) mass is 291 g/mol. The average Bonchev–Trinajstić information content (AvgIpc) is 2.96. The van der Waals surface area contributed by atoms with Crippen molar-refractivity contribution in [1.82, 2.24) is 5.32 Å². The van der Waals surface area contributed by atoms with Gasteiger partial charge in [0.25, 0.3) is 5.91 Å². The molecule has 1 aromatic rings. The van der Waals surface area contributed by atoms with E-state index in [2.05, 4.69) is 5.32 Å². The third kappa shape index (κ3) is 3.24. The summed E-state index contributed by atoms with van der Waals surface area (Å²) in [6.07, 6.45) is 1.78. The fourth-order valence-electron chi connectivity index (χ4n) is 2.76. The van der Waals surface area contributed by atoms with Crippen molar-refractivity contribution in [1.29, 1.82) is 0 Å². The average molecular weight is 291 g/mol. The maximum atomic E-state index is 12.5. The number of methoxy groups -OCH3 is 1. The van der Waals surface area contributed by atoms with Crippen LogP contribution in [0, 0.1) is 5.92 Å². The van der Waals surface area contributed by atoms with Gasteiger partial charge < -0.3 is 15.2 Å². The molecular formula is C16H21NO4. The number of aliphatic carboxylic acids is 1. The molecule has 3 atom stereocenters. The zero-order chi connectivity index (χ0) is 15.5. The second-order valence-electron chi connectivity index (χ2n) is 5.62. The second-order valence-corrected chi connectivity index (χ2v) is 5.62. The van der Waals surface area contributed by atoms with Gasteiger partial charge in [0.15, 0.2) is 5.60 Å². The third-order valence-electron chi connectivity index (χ3n) is 4.28. The molecule has 1 saturated carbocycles. The molecule has 1 amide bonds. The van der Waals surface area contributed by atoms with Crippen LogP contribution in [0.1, 0.15) is 31.7 Å². The zero-order valence-electron chi connectivity index (χ0n) is 12.3. The maximum absolute atomic E-state index is 12.5. The van der Waals surface area contributed by atoms with Gasteiger partial charge in [0.2, 0.25) is 0 Å². The molecule has 1 aliphatic rings. The summed E-state index contributed by atoms with van der Waals surface area (Å²) in [5.41, 5.74) is -0.291. The van der Waals surface area contributed by atoms with E-state index in [1.54, 1.807) is 6.92 Å². The van der Waals surface area contributed by atoms with E-state index in [0.717, 1.165) is 5.56 Å². The van der Waals surface area contributed by atoms with Gasteiger partial charge in [-0.1, -0.05) is 30.3 Å². The standard InChI is InChI=1S/C16H21NO4/c1-16(21-2,12-6-4-3-5-7-12)15(20)17-13-9-8-11(10-13)14(18)19/h3-7,11,13H,8-10H2,1-2H3,(H,17,20)(H,18,19)/t11-,13+,16?/m1/s1. The highest BCUT2D eigenvalue weighted by molar-refractivity contribution is 5.86.